The minimum absolute atomic E-state index is 0.0588. The third-order valence-corrected chi connectivity index (χ3v) is 10.8. The fraction of sp³-hybridized carbons (Fsp3) is 0.725. The Kier molecular flexibility index (Phi) is 15.8. The maximum absolute atomic E-state index is 14.0. The van der Waals surface area contributed by atoms with Gasteiger partial charge in [0.25, 0.3) is 5.91 Å². The number of alkyl carbamates (subject to hydrolysis) is 1. The van der Waals surface area contributed by atoms with Gasteiger partial charge in [0.05, 0.1) is 6.04 Å². The van der Waals surface area contributed by atoms with Crippen LogP contribution in [-0.4, -0.2) is 71.1 Å². The van der Waals surface area contributed by atoms with Gasteiger partial charge in [0.2, 0.25) is 17.7 Å². The summed E-state index contributed by atoms with van der Waals surface area (Å²) in [6.07, 6.45) is 9.97. The lowest BCUT2D eigenvalue weighted by atomic mass is 9.80. The van der Waals surface area contributed by atoms with E-state index < -0.39 is 47.6 Å². The van der Waals surface area contributed by atoms with Crippen LogP contribution in [0.2, 0.25) is 0 Å². The number of ether oxygens (including phenoxy) is 1. The second-order valence-electron chi connectivity index (χ2n) is 16.3. The molecule has 1 unspecified atom stereocenters. The normalized spacial score (nSPS) is 21.8. The van der Waals surface area contributed by atoms with Gasteiger partial charge in [-0.25, -0.2) is 4.79 Å². The molecule has 3 fully saturated rings. The standard InChI is InChI=1S/C40H63N5O7/c1-5-14-31(34(47)37(49)41-29-22-23-29)42-32(46)24-21-27-17-12-13-20-30(27)43-38(50)35(40(2,3)4)45-36(48)33(28-18-10-7-11-19-28)44-39(51)52-25-26-15-8-6-9-16-26/h6,8-9,15-16,27-31,33-35,47H,5,7,10-14,17-25H2,1-4H3,(H,41,49)(H,42,46)(H,43,50)(H,44,51)(H,45,48)/t27-,30-,31-,33-,34?,35+/m0/s1. The lowest BCUT2D eigenvalue weighted by molar-refractivity contribution is -0.134. The van der Waals surface area contributed by atoms with Crippen LogP contribution >= 0.6 is 0 Å². The van der Waals surface area contributed by atoms with Crippen molar-refractivity contribution in [2.75, 3.05) is 0 Å². The minimum atomic E-state index is -1.30. The maximum atomic E-state index is 14.0. The molecule has 0 radical (unpaired) electrons. The first-order valence-electron chi connectivity index (χ1n) is 19.7. The van der Waals surface area contributed by atoms with Crippen molar-refractivity contribution in [3.8, 4) is 0 Å². The van der Waals surface area contributed by atoms with Crippen molar-refractivity contribution in [3.63, 3.8) is 0 Å². The first-order valence-corrected chi connectivity index (χ1v) is 19.7. The van der Waals surface area contributed by atoms with Gasteiger partial charge < -0.3 is 36.4 Å². The quantitative estimate of drug-likeness (QED) is 0.134. The summed E-state index contributed by atoms with van der Waals surface area (Å²) in [5.74, 6) is -1.37. The third-order valence-electron chi connectivity index (χ3n) is 10.8. The van der Waals surface area contributed by atoms with E-state index in [0.717, 1.165) is 76.2 Å². The Labute approximate surface area is 309 Å². The van der Waals surface area contributed by atoms with Crippen molar-refractivity contribution in [3.05, 3.63) is 35.9 Å². The molecule has 3 aliphatic rings. The van der Waals surface area contributed by atoms with Gasteiger partial charge in [-0.15, -0.1) is 0 Å². The Balaban J connectivity index is 1.35. The Hall–Kier alpha value is -3.67. The second-order valence-corrected chi connectivity index (χ2v) is 16.3. The van der Waals surface area contributed by atoms with Crippen LogP contribution in [0.4, 0.5) is 4.79 Å². The van der Waals surface area contributed by atoms with Crippen molar-refractivity contribution in [1.82, 2.24) is 26.6 Å². The van der Waals surface area contributed by atoms with Crippen molar-refractivity contribution < 1.29 is 33.8 Å². The molecule has 52 heavy (non-hydrogen) atoms. The van der Waals surface area contributed by atoms with Gasteiger partial charge in [0, 0.05) is 18.5 Å². The largest absolute Gasteiger partial charge is 0.445 e. The molecule has 0 spiro atoms. The highest BCUT2D eigenvalue weighted by molar-refractivity contribution is 5.92. The fourth-order valence-electron chi connectivity index (χ4n) is 7.59. The number of hydrogen-bond acceptors (Lipinski definition) is 7. The summed E-state index contributed by atoms with van der Waals surface area (Å²) in [4.78, 5) is 66.5. The van der Waals surface area contributed by atoms with Crippen molar-refractivity contribution in [1.29, 1.82) is 0 Å². The summed E-state index contributed by atoms with van der Waals surface area (Å²) in [5.41, 5.74) is 0.213. The number of aliphatic hydroxyl groups is 1. The van der Waals surface area contributed by atoms with Crippen LogP contribution in [0, 0.1) is 17.3 Å². The Morgan fingerprint density at radius 2 is 1.48 bits per heavy atom. The minimum Gasteiger partial charge on any atom is -0.445 e. The van der Waals surface area contributed by atoms with Crippen molar-refractivity contribution in [2.45, 2.75) is 167 Å². The van der Waals surface area contributed by atoms with Crippen LogP contribution in [0.15, 0.2) is 30.3 Å². The second kappa shape index (κ2) is 20.0. The first kappa shape index (κ1) is 41.1. The lowest BCUT2D eigenvalue weighted by Crippen LogP contribution is -2.61. The fourth-order valence-corrected chi connectivity index (χ4v) is 7.59. The summed E-state index contributed by atoms with van der Waals surface area (Å²) in [5, 5.41) is 25.4. The summed E-state index contributed by atoms with van der Waals surface area (Å²) in [6, 6.07) is 6.95. The van der Waals surface area contributed by atoms with Crippen LogP contribution < -0.4 is 26.6 Å². The number of nitrogens with one attached hydrogen (secondary N) is 5. The van der Waals surface area contributed by atoms with Gasteiger partial charge >= 0.3 is 6.09 Å². The molecule has 1 aromatic rings. The summed E-state index contributed by atoms with van der Waals surface area (Å²) < 4.78 is 5.47. The van der Waals surface area contributed by atoms with E-state index in [1.54, 1.807) is 0 Å². The van der Waals surface area contributed by atoms with Crippen molar-refractivity contribution in [2.24, 2.45) is 17.3 Å². The van der Waals surface area contributed by atoms with Crippen LogP contribution in [0.5, 0.6) is 0 Å². The average Bonchev–Trinajstić information content (AvgIpc) is 3.95. The topological polar surface area (TPSA) is 175 Å². The van der Waals surface area contributed by atoms with Gasteiger partial charge in [0.15, 0.2) is 6.10 Å². The highest BCUT2D eigenvalue weighted by Crippen LogP contribution is 2.30. The molecule has 6 N–H and O–H groups in total. The highest BCUT2D eigenvalue weighted by Gasteiger charge is 2.40. The molecule has 4 rings (SSSR count). The molecular formula is C40H63N5O7. The zero-order valence-corrected chi connectivity index (χ0v) is 31.7. The van der Waals surface area contributed by atoms with Crippen LogP contribution in [-0.2, 0) is 30.5 Å². The van der Waals surface area contributed by atoms with E-state index in [1.807, 2.05) is 58.0 Å². The van der Waals surface area contributed by atoms with E-state index >= 15 is 0 Å². The molecule has 0 aliphatic heterocycles. The molecule has 1 aromatic carbocycles. The van der Waals surface area contributed by atoms with Crippen molar-refractivity contribution >= 4 is 29.7 Å². The molecule has 12 nitrogen and oxygen atoms in total. The van der Waals surface area contributed by atoms with Gasteiger partial charge in [-0.3, -0.25) is 19.2 Å². The molecule has 0 bridgehead atoms. The first-order chi connectivity index (χ1) is 24.8. The van der Waals surface area contributed by atoms with E-state index in [9.17, 15) is 29.1 Å². The molecule has 12 heteroatoms. The van der Waals surface area contributed by atoms with E-state index in [4.69, 9.17) is 4.74 Å². The zero-order valence-electron chi connectivity index (χ0n) is 31.7. The summed E-state index contributed by atoms with van der Waals surface area (Å²) in [7, 11) is 0. The lowest BCUT2D eigenvalue weighted by Gasteiger charge is -2.37. The third kappa shape index (κ3) is 13.1. The van der Waals surface area contributed by atoms with E-state index in [0.29, 0.717) is 19.3 Å². The highest BCUT2D eigenvalue weighted by atomic mass is 16.5. The smallest absolute Gasteiger partial charge is 0.408 e. The van der Waals surface area contributed by atoms with Gasteiger partial charge in [0.1, 0.15) is 18.7 Å². The van der Waals surface area contributed by atoms with E-state index in [1.165, 1.54) is 0 Å². The predicted octanol–water partition coefficient (Wildman–Crippen LogP) is 4.77. The molecule has 0 heterocycles. The number of carbonyl (C=O) groups is 5. The summed E-state index contributed by atoms with van der Waals surface area (Å²) in [6.45, 7) is 7.75. The number of benzene rings is 1. The zero-order chi connectivity index (χ0) is 37.7. The average molecular weight is 726 g/mol. The molecule has 0 aromatic heterocycles. The SMILES string of the molecule is CCC[C@H](NC(=O)CC[C@@H]1CCCC[C@@H]1NC(=O)[C@@H](NC(=O)[C@@H](NC(=O)OCc1ccccc1)C1CCCCC1)C(C)(C)C)C(O)C(=O)NC1CC1. The molecule has 0 saturated heterocycles. The number of aliphatic hydroxyl groups excluding tert-OH is 1. The molecule has 5 amide bonds. The molecule has 290 valence electrons. The molecule has 6 atom stereocenters. The van der Waals surface area contributed by atoms with E-state index in [2.05, 4.69) is 26.6 Å². The number of amides is 5. The molecule has 3 aliphatic carbocycles. The predicted molar refractivity (Wildman–Crippen MR) is 199 cm³/mol. The monoisotopic (exact) mass is 725 g/mol. The van der Waals surface area contributed by atoms with Gasteiger partial charge in [-0.2, -0.15) is 0 Å². The van der Waals surface area contributed by atoms with Gasteiger partial charge in [-0.05, 0) is 74.2 Å². The van der Waals surface area contributed by atoms with Gasteiger partial charge in [-0.1, -0.05) is 96.6 Å². The number of rotatable bonds is 17. The molecule has 3 saturated carbocycles. The Morgan fingerprint density at radius 3 is 2.13 bits per heavy atom. The molecular weight excluding hydrogens is 662 g/mol. The Morgan fingerprint density at radius 1 is 0.808 bits per heavy atom. The maximum Gasteiger partial charge on any atom is 0.408 e. The number of hydrogen-bond donors (Lipinski definition) is 6. The number of carbonyl (C=O) groups excluding carboxylic acids is 5. The van der Waals surface area contributed by atoms with Crippen LogP contribution in [0.3, 0.4) is 0 Å². The summed E-state index contributed by atoms with van der Waals surface area (Å²) >= 11 is 0. The Bertz CT molecular complexity index is 1330. The van der Waals surface area contributed by atoms with Crippen LogP contribution in [0.25, 0.3) is 0 Å². The van der Waals surface area contributed by atoms with E-state index in [-0.39, 0.29) is 48.8 Å². The van der Waals surface area contributed by atoms with Crippen LogP contribution in [0.1, 0.15) is 130 Å².